The van der Waals surface area contributed by atoms with Crippen LogP contribution in [-0.4, -0.2) is 68.3 Å². The van der Waals surface area contributed by atoms with E-state index in [1.165, 1.54) is 21.4 Å². The Labute approximate surface area is 213 Å². The zero-order valence-electron chi connectivity index (χ0n) is 21.4. The molecule has 0 aliphatic carbocycles. The molecule has 7 heteroatoms. The number of likely N-dealkylation sites (tertiary alicyclic amines) is 1. The van der Waals surface area contributed by atoms with Crippen LogP contribution in [-0.2, 0) is 17.8 Å². The van der Waals surface area contributed by atoms with Crippen molar-refractivity contribution in [2.24, 2.45) is 5.92 Å². The van der Waals surface area contributed by atoms with Crippen molar-refractivity contribution in [3.05, 3.63) is 66.1 Å². The highest BCUT2D eigenvalue weighted by molar-refractivity contribution is 6.07. The number of carbonyl (C=O) groups is 2. The molecule has 0 atom stereocenters. The number of amides is 3. The highest BCUT2D eigenvalue weighted by Gasteiger charge is 2.57. The van der Waals surface area contributed by atoms with Gasteiger partial charge < -0.3 is 9.88 Å². The van der Waals surface area contributed by atoms with E-state index in [1.807, 2.05) is 23.1 Å². The fourth-order valence-electron chi connectivity index (χ4n) is 5.74. The summed E-state index contributed by atoms with van der Waals surface area (Å²) in [5.41, 5.74) is 2.92. The van der Waals surface area contributed by atoms with Gasteiger partial charge in [0.1, 0.15) is 5.54 Å². The number of benzene rings is 1. The smallest absolute Gasteiger partial charge is 0.327 e. The maximum absolute atomic E-state index is 13.8. The van der Waals surface area contributed by atoms with E-state index in [0.29, 0.717) is 31.8 Å². The molecule has 1 spiro atoms. The van der Waals surface area contributed by atoms with E-state index >= 15 is 0 Å². The van der Waals surface area contributed by atoms with Crippen molar-refractivity contribution in [1.82, 2.24) is 24.7 Å². The van der Waals surface area contributed by atoms with Crippen molar-refractivity contribution in [2.45, 2.75) is 58.0 Å². The van der Waals surface area contributed by atoms with Gasteiger partial charge in [-0.3, -0.25) is 19.6 Å². The number of aromatic nitrogens is 2. The van der Waals surface area contributed by atoms with Crippen molar-refractivity contribution < 1.29 is 9.59 Å². The fourth-order valence-corrected chi connectivity index (χ4v) is 5.74. The van der Waals surface area contributed by atoms with Gasteiger partial charge in [-0.15, -0.1) is 0 Å². The van der Waals surface area contributed by atoms with Crippen LogP contribution in [0.2, 0.25) is 0 Å². The van der Waals surface area contributed by atoms with E-state index in [2.05, 4.69) is 53.1 Å². The Morgan fingerprint density at radius 2 is 1.78 bits per heavy atom. The highest BCUT2D eigenvalue weighted by Crippen LogP contribution is 2.38. The van der Waals surface area contributed by atoms with Gasteiger partial charge in [0.25, 0.3) is 5.91 Å². The summed E-state index contributed by atoms with van der Waals surface area (Å²) in [6, 6.07) is 12.3. The SMILES string of the molecule is CC(C)CCN1C(=O)N(CCCc2ccncc2)C(=O)C12CCN(Cc1c[nH]c3ccccc13)CC2. The number of rotatable bonds is 9. The van der Waals surface area contributed by atoms with Crippen LogP contribution in [0.3, 0.4) is 0 Å². The first-order valence-electron chi connectivity index (χ1n) is 13.3. The molecule has 3 amide bonds. The molecule has 4 heterocycles. The number of piperidine rings is 1. The summed E-state index contributed by atoms with van der Waals surface area (Å²) in [7, 11) is 0. The maximum Gasteiger partial charge on any atom is 0.327 e. The molecule has 2 aromatic heterocycles. The van der Waals surface area contributed by atoms with Crippen molar-refractivity contribution in [1.29, 1.82) is 0 Å². The molecule has 3 aromatic rings. The molecule has 0 unspecified atom stereocenters. The van der Waals surface area contributed by atoms with Crippen molar-refractivity contribution in [3.63, 3.8) is 0 Å². The predicted molar refractivity (Wildman–Crippen MR) is 141 cm³/mol. The average Bonchev–Trinajstić information content (AvgIpc) is 3.37. The summed E-state index contributed by atoms with van der Waals surface area (Å²) in [6.07, 6.45) is 9.56. The van der Waals surface area contributed by atoms with Crippen molar-refractivity contribution >= 4 is 22.8 Å². The summed E-state index contributed by atoms with van der Waals surface area (Å²) in [5, 5.41) is 1.25. The third-order valence-corrected chi connectivity index (χ3v) is 7.90. The molecular weight excluding hydrogens is 450 g/mol. The molecule has 0 bridgehead atoms. The number of para-hydroxylation sites is 1. The van der Waals surface area contributed by atoms with E-state index in [4.69, 9.17) is 0 Å². The molecule has 2 fully saturated rings. The highest BCUT2D eigenvalue weighted by atomic mass is 16.2. The minimum atomic E-state index is -0.695. The topological polar surface area (TPSA) is 72.5 Å². The predicted octanol–water partition coefficient (Wildman–Crippen LogP) is 4.84. The Morgan fingerprint density at radius 3 is 2.53 bits per heavy atom. The second-order valence-corrected chi connectivity index (χ2v) is 10.7. The van der Waals surface area contributed by atoms with E-state index in [9.17, 15) is 9.59 Å². The molecule has 2 aliphatic heterocycles. The largest absolute Gasteiger partial charge is 0.361 e. The molecule has 1 aromatic carbocycles. The summed E-state index contributed by atoms with van der Waals surface area (Å²) in [4.78, 5) is 40.7. The zero-order valence-corrected chi connectivity index (χ0v) is 21.4. The van der Waals surface area contributed by atoms with Crippen LogP contribution in [0, 0.1) is 5.92 Å². The molecule has 190 valence electrons. The quantitative estimate of drug-likeness (QED) is 0.439. The number of aromatic amines is 1. The minimum Gasteiger partial charge on any atom is -0.361 e. The van der Waals surface area contributed by atoms with Gasteiger partial charge in [0, 0.05) is 62.2 Å². The molecule has 1 N–H and O–H groups in total. The number of hydrogen-bond donors (Lipinski definition) is 1. The lowest BCUT2D eigenvalue weighted by molar-refractivity contribution is -0.135. The fraction of sp³-hybridized carbons (Fsp3) is 0.483. The summed E-state index contributed by atoms with van der Waals surface area (Å²) in [5.74, 6) is 0.491. The van der Waals surface area contributed by atoms with Gasteiger partial charge in [-0.1, -0.05) is 32.0 Å². The van der Waals surface area contributed by atoms with Gasteiger partial charge >= 0.3 is 6.03 Å². The van der Waals surface area contributed by atoms with E-state index in [0.717, 1.165) is 44.4 Å². The third-order valence-electron chi connectivity index (χ3n) is 7.90. The number of carbonyl (C=O) groups excluding carboxylic acids is 2. The Morgan fingerprint density at radius 1 is 1.03 bits per heavy atom. The van der Waals surface area contributed by atoms with Gasteiger partial charge in [0.05, 0.1) is 0 Å². The zero-order chi connectivity index (χ0) is 25.1. The molecule has 5 rings (SSSR count). The molecule has 2 aliphatic rings. The number of aryl methyl sites for hydroxylation is 1. The van der Waals surface area contributed by atoms with Crippen LogP contribution in [0.15, 0.2) is 55.0 Å². The van der Waals surface area contributed by atoms with Gasteiger partial charge in [0.15, 0.2) is 0 Å². The monoisotopic (exact) mass is 487 g/mol. The first-order chi connectivity index (χ1) is 17.5. The Hall–Kier alpha value is -3.19. The number of pyridine rings is 1. The number of nitrogens with one attached hydrogen (secondary N) is 1. The van der Waals surface area contributed by atoms with Crippen LogP contribution >= 0.6 is 0 Å². The van der Waals surface area contributed by atoms with E-state index in [-0.39, 0.29) is 11.9 Å². The van der Waals surface area contributed by atoms with Gasteiger partial charge in [-0.05, 0) is 67.3 Å². The maximum atomic E-state index is 13.8. The number of imide groups is 1. The Balaban J connectivity index is 1.27. The number of fused-ring (bicyclic) bond motifs is 1. The lowest BCUT2D eigenvalue weighted by Crippen LogP contribution is -2.56. The minimum absolute atomic E-state index is 0.0118. The second kappa shape index (κ2) is 10.4. The second-order valence-electron chi connectivity index (χ2n) is 10.7. The number of nitrogens with zero attached hydrogens (tertiary/aromatic N) is 4. The molecule has 7 nitrogen and oxygen atoms in total. The normalized spacial score (nSPS) is 18.3. The number of hydrogen-bond acceptors (Lipinski definition) is 4. The summed E-state index contributed by atoms with van der Waals surface area (Å²) >= 11 is 0. The molecular formula is C29H37N5O2. The molecule has 0 radical (unpaired) electrons. The van der Waals surface area contributed by atoms with Gasteiger partial charge in [-0.25, -0.2) is 4.79 Å². The van der Waals surface area contributed by atoms with Crippen LogP contribution in [0.4, 0.5) is 4.79 Å². The van der Waals surface area contributed by atoms with Crippen molar-refractivity contribution in [2.75, 3.05) is 26.2 Å². The lowest BCUT2D eigenvalue weighted by Gasteiger charge is -2.42. The van der Waals surface area contributed by atoms with E-state index in [1.54, 1.807) is 12.4 Å². The summed E-state index contributed by atoms with van der Waals surface area (Å²) in [6.45, 7) is 7.92. The van der Waals surface area contributed by atoms with Crippen LogP contribution in [0.25, 0.3) is 10.9 Å². The first-order valence-corrected chi connectivity index (χ1v) is 13.3. The van der Waals surface area contributed by atoms with Gasteiger partial charge in [-0.2, -0.15) is 0 Å². The average molecular weight is 488 g/mol. The van der Waals surface area contributed by atoms with Crippen LogP contribution < -0.4 is 0 Å². The Kier molecular flexibility index (Phi) is 7.10. The number of urea groups is 1. The lowest BCUT2D eigenvalue weighted by atomic mass is 9.85. The summed E-state index contributed by atoms with van der Waals surface area (Å²) < 4.78 is 0. The molecule has 36 heavy (non-hydrogen) atoms. The van der Waals surface area contributed by atoms with Crippen molar-refractivity contribution in [3.8, 4) is 0 Å². The molecule has 0 saturated carbocycles. The standard InChI is InChI=1S/C29H37N5O2/c1-22(2)11-17-34-28(36)33(16-5-6-23-9-14-30-15-10-23)27(35)29(34)12-18-32(19-13-29)21-24-20-31-26-8-4-3-7-25(24)26/h3-4,7-10,14-15,20,22,31H,5-6,11-13,16-19,21H2,1-2H3. The first kappa shape index (κ1) is 24.5. The third kappa shape index (κ3) is 4.76. The van der Waals surface area contributed by atoms with E-state index < -0.39 is 5.54 Å². The van der Waals surface area contributed by atoms with Crippen LogP contribution in [0.1, 0.15) is 50.7 Å². The Bertz CT molecular complexity index is 1200. The van der Waals surface area contributed by atoms with Crippen LogP contribution in [0.5, 0.6) is 0 Å². The number of H-pyrrole nitrogens is 1. The van der Waals surface area contributed by atoms with Gasteiger partial charge in [0.2, 0.25) is 0 Å². The molecule has 2 saturated heterocycles.